The van der Waals surface area contributed by atoms with Gasteiger partial charge in [-0.1, -0.05) is 0 Å². The fraction of sp³-hybridized carbons (Fsp3) is 0.667. The van der Waals surface area contributed by atoms with E-state index in [4.69, 9.17) is 10.00 Å². The van der Waals surface area contributed by atoms with Gasteiger partial charge in [0.05, 0.1) is 12.7 Å². The van der Waals surface area contributed by atoms with E-state index in [2.05, 4.69) is 10.3 Å². The molecule has 0 aromatic rings. The van der Waals surface area contributed by atoms with Crippen molar-refractivity contribution in [1.29, 1.82) is 5.26 Å². The van der Waals surface area contributed by atoms with Crippen LogP contribution in [0.5, 0.6) is 0 Å². The summed E-state index contributed by atoms with van der Waals surface area (Å²) in [5, 5.41) is 11.7. The maximum atomic E-state index is 11.3. The molecule has 0 saturated carbocycles. The summed E-state index contributed by atoms with van der Waals surface area (Å²) in [5.41, 5.74) is 0. The Balaban J connectivity index is 2.66. The standard InChI is InChI=1S/C9H13N3O2/c1-2-14-9(13)7(6-10)8-11-4-3-5-12-8/h7H,2-5H2,1H3,(H,11,12). The number of hydrogen-bond acceptors (Lipinski definition) is 5. The van der Waals surface area contributed by atoms with Crippen molar-refractivity contribution in [3.8, 4) is 6.07 Å². The van der Waals surface area contributed by atoms with Crippen LogP contribution in [0, 0.1) is 17.2 Å². The molecule has 1 aliphatic heterocycles. The number of carbonyl (C=O) groups excluding carboxylic acids is 1. The number of amidine groups is 1. The van der Waals surface area contributed by atoms with Crippen molar-refractivity contribution >= 4 is 11.8 Å². The van der Waals surface area contributed by atoms with Crippen molar-refractivity contribution in [3.63, 3.8) is 0 Å². The zero-order chi connectivity index (χ0) is 10.4. The van der Waals surface area contributed by atoms with Crippen LogP contribution in [-0.4, -0.2) is 31.5 Å². The molecule has 0 spiro atoms. The normalized spacial score (nSPS) is 17.3. The number of nitrogens with one attached hydrogen (secondary N) is 1. The van der Waals surface area contributed by atoms with Gasteiger partial charge in [-0.25, -0.2) is 0 Å². The summed E-state index contributed by atoms with van der Waals surface area (Å²) in [7, 11) is 0. The molecule has 0 fully saturated rings. The first kappa shape index (κ1) is 10.5. The highest BCUT2D eigenvalue weighted by molar-refractivity contribution is 6.03. The van der Waals surface area contributed by atoms with Crippen LogP contribution in [0.1, 0.15) is 13.3 Å². The van der Waals surface area contributed by atoms with Gasteiger partial charge in [0.1, 0.15) is 5.84 Å². The van der Waals surface area contributed by atoms with Gasteiger partial charge in [-0.05, 0) is 13.3 Å². The van der Waals surface area contributed by atoms with Crippen LogP contribution in [0.4, 0.5) is 0 Å². The molecule has 1 N–H and O–H groups in total. The lowest BCUT2D eigenvalue weighted by Crippen LogP contribution is -2.39. The predicted octanol–water partition coefficient (Wildman–Crippen LogP) is 0.0811. The Morgan fingerprint density at radius 2 is 2.64 bits per heavy atom. The third-order valence-corrected chi connectivity index (χ3v) is 1.85. The Kier molecular flexibility index (Phi) is 3.92. The maximum Gasteiger partial charge on any atom is 0.331 e. The second-order valence-corrected chi connectivity index (χ2v) is 2.86. The molecule has 0 amide bonds. The third kappa shape index (κ3) is 2.46. The van der Waals surface area contributed by atoms with E-state index >= 15 is 0 Å². The summed E-state index contributed by atoms with van der Waals surface area (Å²) in [6.07, 6.45) is 0.935. The Morgan fingerprint density at radius 1 is 1.86 bits per heavy atom. The van der Waals surface area contributed by atoms with Crippen molar-refractivity contribution in [2.45, 2.75) is 13.3 Å². The molecule has 0 saturated heterocycles. The summed E-state index contributed by atoms with van der Waals surface area (Å²) in [4.78, 5) is 15.4. The summed E-state index contributed by atoms with van der Waals surface area (Å²) in [6.45, 7) is 3.42. The lowest BCUT2D eigenvalue weighted by Gasteiger charge is -2.17. The van der Waals surface area contributed by atoms with E-state index in [1.165, 1.54) is 0 Å². The Labute approximate surface area is 82.8 Å². The fourth-order valence-electron chi connectivity index (χ4n) is 1.20. The summed E-state index contributed by atoms with van der Waals surface area (Å²) in [5.74, 6) is -0.976. The molecule has 0 aromatic carbocycles. The first-order chi connectivity index (χ1) is 6.79. The molecule has 5 heteroatoms. The number of ether oxygens (including phenoxy) is 1. The highest BCUT2D eigenvalue weighted by atomic mass is 16.5. The molecule has 0 radical (unpaired) electrons. The number of hydrogen-bond donors (Lipinski definition) is 1. The van der Waals surface area contributed by atoms with Gasteiger partial charge < -0.3 is 10.1 Å². The molecule has 14 heavy (non-hydrogen) atoms. The first-order valence-electron chi connectivity index (χ1n) is 4.64. The Morgan fingerprint density at radius 3 is 3.14 bits per heavy atom. The SMILES string of the molecule is CCOC(=O)C(C#N)C1=NCCCN1. The molecule has 1 atom stereocenters. The number of esters is 1. The predicted molar refractivity (Wildman–Crippen MR) is 50.7 cm³/mol. The van der Waals surface area contributed by atoms with Gasteiger partial charge in [0, 0.05) is 13.1 Å². The van der Waals surface area contributed by atoms with Crippen molar-refractivity contribution < 1.29 is 9.53 Å². The summed E-state index contributed by atoms with van der Waals surface area (Å²) >= 11 is 0. The van der Waals surface area contributed by atoms with Gasteiger partial charge in [0.2, 0.25) is 0 Å². The van der Waals surface area contributed by atoms with E-state index in [0.29, 0.717) is 12.4 Å². The van der Waals surface area contributed by atoms with Crippen molar-refractivity contribution in [2.75, 3.05) is 19.7 Å². The molecule has 1 heterocycles. The molecule has 76 valence electrons. The second kappa shape index (κ2) is 5.22. The molecule has 1 aliphatic rings. The molecular weight excluding hydrogens is 182 g/mol. The average Bonchev–Trinajstić information content (AvgIpc) is 2.21. The number of nitriles is 1. The first-order valence-corrected chi connectivity index (χ1v) is 4.64. The van der Waals surface area contributed by atoms with E-state index < -0.39 is 11.9 Å². The van der Waals surface area contributed by atoms with Gasteiger partial charge in [0.25, 0.3) is 0 Å². The van der Waals surface area contributed by atoms with E-state index in [0.717, 1.165) is 13.0 Å². The minimum absolute atomic E-state index is 0.282. The Bertz CT molecular complexity index is 280. The van der Waals surface area contributed by atoms with Crippen LogP contribution in [0.2, 0.25) is 0 Å². The lowest BCUT2D eigenvalue weighted by molar-refractivity contribution is -0.144. The average molecular weight is 195 g/mol. The van der Waals surface area contributed by atoms with Crippen LogP contribution in [0.3, 0.4) is 0 Å². The molecule has 0 bridgehead atoms. The van der Waals surface area contributed by atoms with Crippen molar-refractivity contribution in [3.05, 3.63) is 0 Å². The van der Waals surface area contributed by atoms with E-state index in [1.54, 1.807) is 6.92 Å². The highest BCUT2D eigenvalue weighted by Crippen LogP contribution is 2.04. The van der Waals surface area contributed by atoms with Crippen molar-refractivity contribution in [2.24, 2.45) is 10.9 Å². The van der Waals surface area contributed by atoms with Crippen LogP contribution in [0.25, 0.3) is 0 Å². The quantitative estimate of drug-likeness (QED) is 0.647. The van der Waals surface area contributed by atoms with E-state index in [-0.39, 0.29) is 6.61 Å². The number of rotatable bonds is 3. The largest absolute Gasteiger partial charge is 0.465 e. The molecular formula is C9H13N3O2. The van der Waals surface area contributed by atoms with Gasteiger partial charge in [-0.2, -0.15) is 5.26 Å². The van der Waals surface area contributed by atoms with Crippen LogP contribution in [-0.2, 0) is 9.53 Å². The molecule has 0 aromatic heterocycles. The van der Waals surface area contributed by atoms with Gasteiger partial charge in [-0.15, -0.1) is 0 Å². The summed E-state index contributed by atoms with van der Waals surface area (Å²) < 4.78 is 4.77. The van der Waals surface area contributed by atoms with Crippen LogP contribution in [0.15, 0.2) is 4.99 Å². The number of carbonyl (C=O) groups is 1. The highest BCUT2D eigenvalue weighted by Gasteiger charge is 2.26. The zero-order valence-corrected chi connectivity index (χ0v) is 8.12. The lowest BCUT2D eigenvalue weighted by atomic mass is 10.1. The van der Waals surface area contributed by atoms with E-state index in [9.17, 15) is 4.79 Å². The molecule has 0 aliphatic carbocycles. The van der Waals surface area contributed by atoms with Crippen LogP contribution < -0.4 is 5.32 Å². The van der Waals surface area contributed by atoms with Crippen molar-refractivity contribution in [1.82, 2.24) is 5.32 Å². The van der Waals surface area contributed by atoms with Gasteiger partial charge >= 0.3 is 5.97 Å². The third-order valence-electron chi connectivity index (χ3n) is 1.85. The van der Waals surface area contributed by atoms with Crippen LogP contribution >= 0.6 is 0 Å². The molecule has 5 nitrogen and oxygen atoms in total. The Hall–Kier alpha value is -1.57. The fourth-order valence-corrected chi connectivity index (χ4v) is 1.20. The topological polar surface area (TPSA) is 74.5 Å². The molecule has 1 unspecified atom stereocenters. The minimum Gasteiger partial charge on any atom is -0.465 e. The number of aliphatic imine (C=N–C) groups is 1. The maximum absolute atomic E-state index is 11.3. The smallest absolute Gasteiger partial charge is 0.331 e. The second-order valence-electron chi connectivity index (χ2n) is 2.86. The molecule has 1 rings (SSSR count). The van der Waals surface area contributed by atoms with E-state index in [1.807, 2.05) is 6.07 Å². The monoisotopic (exact) mass is 195 g/mol. The summed E-state index contributed by atoms with van der Waals surface area (Å²) in [6, 6.07) is 1.89. The van der Waals surface area contributed by atoms with Gasteiger partial charge in [0.15, 0.2) is 5.92 Å². The minimum atomic E-state index is -0.893. The number of nitrogens with zero attached hydrogens (tertiary/aromatic N) is 2. The zero-order valence-electron chi connectivity index (χ0n) is 8.12. The van der Waals surface area contributed by atoms with Gasteiger partial charge in [-0.3, -0.25) is 9.79 Å².